The van der Waals surface area contributed by atoms with Gasteiger partial charge in [-0.2, -0.15) is 0 Å². The summed E-state index contributed by atoms with van der Waals surface area (Å²) in [4.78, 5) is 23.2. The van der Waals surface area contributed by atoms with E-state index in [1.807, 2.05) is 54.6 Å². The van der Waals surface area contributed by atoms with E-state index in [0.717, 1.165) is 11.3 Å². The van der Waals surface area contributed by atoms with Gasteiger partial charge in [-0.25, -0.2) is 4.79 Å². The van der Waals surface area contributed by atoms with Crippen molar-refractivity contribution in [2.75, 3.05) is 5.32 Å². The molecule has 0 atom stereocenters. The highest BCUT2D eigenvalue weighted by Gasteiger charge is 2.03. The fourth-order valence-corrected chi connectivity index (χ4v) is 2.46. The van der Waals surface area contributed by atoms with Gasteiger partial charge in [0.25, 0.3) is 0 Å². The first-order valence-electron chi connectivity index (χ1n) is 8.69. The van der Waals surface area contributed by atoms with Gasteiger partial charge >= 0.3 is 5.97 Å². The zero-order valence-corrected chi connectivity index (χ0v) is 15.3. The number of esters is 1. The van der Waals surface area contributed by atoms with Crippen LogP contribution in [0.25, 0.3) is 6.08 Å². The first-order chi connectivity index (χ1) is 13.6. The van der Waals surface area contributed by atoms with E-state index in [4.69, 9.17) is 9.47 Å². The molecule has 0 bridgehead atoms. The van der Waals surface area contributed by atoms with E-state index in [1.54, 1.807) is 30.3 Å². The number of amides is 1. The van der Waals surface area contributed by atoms with Crippen LogP contribution in [-0.2, 0) is 9.59 Å². The molecule has 0 aliphatic rings. The van der Waals surface area contributed by atoms with Crippen molar-refractivity contribution in [1.82, 2.24) is 0 Å². The van der Waals surface area contributed by atoms with Gasteiger partial charge in [0.05, 0.1) is 0 Å². The van der Waals surface area contributed by atoms with Crippen LogP contribution >= 0.6 is 0 Å². The largest absolute Gasteiger partial charge is 0.457 e. The first kappa shape index (κ1) is 18.9. The smallest absolute Gasteiger partial charge is 0.336 e. The molecule has 28 heavy (non-hydrogen) atoms. The fraction of sp³-hybridized carbons (Fsp3) is 0.0435. The van der Waals surface area contributed by atoms with Gasteiger partial charge in [0.2, 0.25) is 5.91 Å². The van der Waals surface area contributed by atoms with Crippen LogP contribution in [0.2, 0.25) is 0 Å². The quantitative estimate of drug-likeness (QED) is 0.373. The molecular formula is C23H19NO4. The topological polar surface area (TPSA) is 64.6 Å². The highest BCUT2D eigenvalue weighted by atomic mass is 16.5. The van der Waals surface area contributed by atoms with Crippen LogP contribution in [-0.4, -0.2) is 11.9 Å². The SMILES string of the molecule is CC(=O)Nc1cccc(OC(=O)/C=C/c2cccc(Oc3ccccc3)c2)c1. The number of benzene rings is 3. The molecule has 0 unspecified atom stereocenters. The molecule has 3 aromatic rings. The average molecular weight is 373 g/mol. The Balaban J connectivity index is 1.63. The maximum absolute atomic E-state index is 12.1. The molecule has 140 valence electrons. The molecule has 0 aromatic heterocycles. The molecule has 3 rings (SSSR count). The Labute approximate surface area is 163 Å². The van der Waals surface area contributed by atoms with Crippen LogP contribution < -0.4 is 14.8 Å². The third-order valence-electron chi connectivity index (χ3n) is 3.62. The minimum atomic E-state index is -0.519. The van der Waals surface area contributed by atoms with Gasteiger partial charge in [0.1, 0.15) is 17.2 Å². The predicted octanol–water partition coefficient (Wildman–Crippen LogP) is 5.06. The van der Waals surface area contributed by atoms with Crippen molar-refractivity contribution in [2.45, 2.75) is 6.92 Å². The van der Waals surface area contributed by atoms with Crippen molar-refractivity contribution in [3.8, 4) is 17.2 Å². The van der Waals surface area contributed by atoms with Gasteiger partial charge in [-0.3, -0.25) is 4.79 Å². The van der Waals surface area contributed by atoms with E-state index in [9.17, 15) is 9.59 Å². The second kappa shape index (κ2) is 9.19. The molecule has 0 aliphatic heterocycles. The Morgan fingerprint density at radius 2 is 1.54 bits per heavy atom. The van der Waals surface area contributed by atoms with Crippen molar-refractivity contribution in [2.24, 2.45) is 0 Å². The average Bonchev–Trinajstić information content (AvgIpc) is 2.67. The van der Waals surface area contributed by atoms with E-state index in [-0.39, 0.29) is 5.91 Å². The van der Waals surface area contributed by atoms with Crippen molar-refractivity contribution >= 4 is 23.6 Å². The summed E-state index contributed by atoms with van der Waals surface area (Å²) in [6, 6.07) is 23.5. The highest BCUT2D eigenvalue weighted by molar-refractivity contribution is 5.90. The van der Waals surface area contributed by atoms with Gasteiger partial charge in [-0.1, -0.05) is 36.4 Å². The molecular weight excluding hydrogens is 354 g/mol. The summed E-state index contributed by atoms with van der Waals surface area (Å²) in [5.74, 6) is 1.05. The number of carbonyl (C=O) groups excluding carboxylic acids is 2. The minimum Gasteiger partial charge on any atom is -0.457 e. The van der Waals surface area contributed by atoms with Gasteiger partial charge < -0.3 is 14.8 Å². The molecule has 1 N–H and O–H groups in total. The van der Waals surface area contributed by atoms with Gasteiger partial charge in [-0.15, -0.1) is 0 Å². The van der Waals surface area contributed by atoms with Gasteiger partial charge in [-0.05, 0) is 48.0 Å². The Bertz CT molecular complexity index is 996. The van der Waals surface area contributed by atoms with Crippen LogP contribution in [0.4, 0.5) is 5.69 Å². The zero-order chi connectivity index (χ0) is 19.8. The predicted molar refractivity (Wildman–Crippen MR) is 108 cm³/mol. The van der Waals surface area contributed by atoms with Crippen molar-refractivity contribution in [1.29, 1.82) is 0 Å². The zero-order valence-electron chi connectivity index (χ0n) is 15.3. The molecule has 0 radical (unpaired) electrons. The number of hydrogen-bond donors (Lipinski definition) is 1. The van der Waals surface area contributed by atoms with Crippen LogP contribution in [0, 0.1) is 0 Å². The molecule has 5 heteroatoms. The normalized spacial score (nSPS) is 10.5. The van der Waals surface area contributed by atoms with Crippen molar-refractivity contribution < 1.29 is 19.1 Å². The molecule has 0 heterocycles. The van der Waals surface area contributed by atoms with Gasteiger partial charge in [0, 0.05) is 24.8 Å². The third-order valence-corrected chi connectivity index (χ3v) is 3.62. The monoisotopic (exact) mass is 373 g/mol. The Morgan fingerprint density at radius 1 is 0.821 bits per heavy atom. The summed E-state index contributed by atoms with van der Waals surface area (Å²) >= 11 is 0. The molecule has 0 aliphatic carbocycles. The number of carbonyl (C=O) groups is 2. The number of para-hydroxylation sites is 1. The van der Waals surface area contributed by atoms with Gasteiger partial charge in [0.15, 0.2) is 0 Å². The number of hydrogen-bond acceptors (Lipinski definition) is 4. The lowest BCUT2D eigenvalue weighted by molar-refractivity contribution is -0.128. The number of anilines is 1. The van der Waals surface area contributed by atoms with Crippen LogP contribution in [0.1, 0.15) is 12.5 Å². The number of ether oxygens (including phenoxy) is 2. The van der Waals surface area contributed by atoms with Crippen molar-refractivity contribution in [3.63, 3.8) is 0 Å². The summed E-state index contributed by atoms with van der Waals surface area (Å²) in [7, 11) is 0. The number of rotatable bonds is 6. The molecule has 0 fully saturated rings. The summed E-state index contributed by atoms with van der Waals surface area (Å²) in [5.41, 5.74) is 1.37. The van der Waals surface area contributed by atoms with Crippen LogP contribution in [0.15, 0.2) is 84.9 Å². The first-order valence-corrected chi connectivity index (χ1v) is 8.69. The summed E-state index contributed by atoms with van der Waals surface area (Å²) in [6.45, 7) is 1.41. The van der Waals surface area contributed by atoms with E-state index in [2.05, 4.69) is 5.32 Å². The minimum absolute atomic E-state index is 0.194. The lowest BCUT2D eigenvalue weighted by atomic mass is 10.2. The second-order valence-corrected chi connectivity index (χ2v) is 5.95. The number of nitrogens with one attached hydrogen (secondary N) is 1. The van der Waals surface area contributed by atoms with Crippen LogP contribution in [0.5, 0.6) is 17.2 Å². The Morgan fingerprint density at radius 3 is 2.32 bits per heavy atom. The van der Waals surface area contributed by atoms with E-state index in [0.29, 0.717) is 17.2 Å². The Hall–Kier alpha value is -3.86. The second-order valence-electron chi connectivity index (χ2n) is 5.95. The van der Waals surface area contributed by atoms with E-state index in [1.165, 1.54) is 13.0 Å². The molecule has 5 nitrogen and oxygen atoms in total. The highest BCUT2D eigenvalue weighted by Crippen LogP contribution is 2.22. The van der Waals surface area contributed by atoms with E-state index < -0.39 is 5.97 Å². The molecule has 1 amide bonds. The molecule has 0 spiro atoms. The van der Waals surface area contributed by atoms with Crippen LogP contribution in [0.3, 0.4) is 0 Å². The maximum atomic E-state index is 12.1. The Kier molecular flexibility index (Phi) is 6.21. The van der Waals surface area contributed by atoms with Crippen molar-refractivity contribution in [3.05, 3.63) is 90.5 Å². The molecule has 3 aromatic carbocycles. The fourth-order valence-electron chi connectivity index (χ4n) is 2.46. The molecule has 0 saturated carbocycles. The summed E-state index contributed by atoms with van der Waals surface area (Å²) in [5, 5.41) is 2.64. The third kappa shape index (κ3) is 5.85. The summed E-state index contributed by atoms with van der Waals surface area (Å²) in [6.07, 6.45) is 2.99. The molecule has 0 saturated heterocycles. The maximum Gasteiger partial charge on any atom is 0.336 e. The van der Waals surface area contributed by atoms with E-state index >= 15 is 0 Å². The summed E-state index contributed by atoms with van der Waals surface area (Å²) < 4.78 is 11.1. The lowest BCUT2D eigenvalue weighted by Crippen LogP contribution is -2.07. The lowest BCUT2D eigenvalue weighted by Gasteiger charge is -2.06. The standard InChI is InChI=1S/C23H19NO4/c1-17(25)24-19-8-6-12-22(16-19)28-23(26)14-13-18-7-5-11-21(15-18)27-20-9-3-2-4-10-20/h2-16H,1H3,(H,24,25)/b14-13+.